The van der Waals surface area contributed by atoms with Gasteiger partial charge in [0.25, 0.3) is 0 Å². The zero-order valence-corrected chi connectivity index (χ0v) is 22.2. The topological polar surface area (TPSA) is 59.1 Å². The summed E-state index contributed by atoms with van der Waals surface area (Å²) in [6, 6.07) is 6.55. The number of nitrogens with zero attached hydrogens (tertiary/aromatic N) is 2. The molecule has 6 heteroatoms. The van der Waals surface area contributed by atoms with Gasteiger partial charge in [0.15, 0.2) is 0 Å². The second-order valence-corrected chi connectivity index (χ2v) is 8.95. The summed E-state index contributed by atoms with van der Waals surface area (Å²) in [4.78, 5) is 29.5. The van der Waals surface area contributed by atoms with Crippen molar-refractivity contribution in [1.82, 2.24) is 9.80 Å². The van der Waals surface area contributed by atoms with Crippen LogP contribution in [0.4, 0.5) is 0 Å². The average Bonchev–Trinajstić information content (AvgIpc) is 2.86. The molecule has 0 aliphatic rings. The minimum absolute atomic E-state index is 0.353. The molecule has 0 amide bonds. The highest BCUT2D eigenvalue weighted by atomic mass is 16.5. The minimum Gasteiger partial charge on any atom is -0.461 e. The van der Waals surface area contributed by atoms with Crippen molar-refractivity contribution in [3.63, 3.8) is 0 Å². The Hall–Kier alpha value is -1.92. The summed E-state index contributed by atoms with van der Waals surface area (Å²) in [5.41, 5.74) is 0.908. The third-order valence-electron chi connectivity index (χ3n) is 5.95. The number of rotatable bonds is 20. The number of ether oxygens (including phenoxy) is 2. The number of hydrogen-bond acceptors (Lipinski definition) is 6. The van der Waals surface area contributed by atoms with Crippen LogP contribution in [-0.4, -0.2) is 74.2 Å². The molecule has 0 bridgehead atoms. The van der Waals surface area contributed by atoms with Gasteiger partial charge in [0, 0.05) is 13.1 Å². The molecule has 1 aromatic rings. The van der Waals surface area contributed by atoms with Gasteiger partial charge in [0.2, 0.25) is 0 Å². The molecule has 0 atom stereocenters. The Morgan fingerprint density at radius 3 is 1.12 bits per heavy atom. The summed E-state index contributed by atoms with van der Waals surface area (Å²) in [6.45, 7) is 15.2. The second kappa shape index (κ2) is 19.4. The Morgan fingerprint density at radius 1 is 0.559 bits per heavy atom. The third-order valence-corrected chi connectivity index (χ3v) is 5.95. The van der Waals surface area contributed by atoms with Crippen molar-refractivity contribution in [2.45, 2.75) is 79.1 Å². The lowest BCUT2D eigenvalue weighted by Gasteiger charge is -2.21. The van der Waals surface area contributed by atoms with Crippen molar-refractivity contribution in [1.29, 1.82) is 0 Å². The average molecular weight is 477 g/mol. The largest absolute Gasteiger partial charge is 0.461 e. The lowest BCUT2D eigenvalue weighted by molar-refractivity contribution is 0.0446. The van der Waals surface area contributed by atoms with Gasteiger partial charge in [-0.2, -0.15) is 0 Å². The van der Waals surface area contributed by atoms with Crippen molar-refractivity contribution >= 4 is 11.9 Å². The Morgan fingerprint density at radius 2 is 0.853 bits per heavy atom. The molecule has 1 aromatic carbocycles. The van der Waals surface area contributed by atoms with Crippen molar-refractivity contribution in [2.24, 2.45) is 0 Å². The van der Waals surface area contributed by atoms with Gasteiger partial charge in [-0.3, -0.25) is 9.80 Å². The fourth-order valence-electron chi connectivity index (χ4n) is 3.64. The van der Waals surface area contributed by atoms with Crippen LogP contribution in [0.2, 0.25) is 0 Å². The molecule has 0 fully saturated rings. The first-order chi connectivity index (χ1) is 16.5. The van der Waals surface area contributed by atoms with E-state index in [1.54, 1.807) is 24.3 Å². The maximum atomic E-state index is 12.4. The van der Waals surface area contributed by atoms with Crippen molar-refractivity contribution < 1.29 is 19.1 Å². The summed E-state index contributed by atoms with van der Waals surface area (Å²) in [7, 11) is 0. The standard InChI is InChI=1S/C28H48N2O4/c1-5-9-17-29(18-10-6-2)21-23-33-27(31)25-13-15-26(16-14-25)28(32)34-24-22-30(19-11-7-3)20-12-8-4/h13-16H,5-12,17-24H2,1-4H3. The maximum absolute atomic E-state index is 12.4. The minimum atomic E-state index is -0.353. The molecule has 0 unspecified atom stereocenters. The number of esters is 2. The number of hydrogen-bond donors (Lipinski definition) is 0. The monoisotopic (exact) mass is 476 g/mol. The molecule has 0 saturated carbocycles. The van der Waals surface area contributed by atoms with Gasteiger partial charge in [-0.1, -0.05) is 53.4 Å². The summed E-state index contributed by atoms with van der Waals surface area (Å²) < 4.78 is 10.9. The highest BCUT2D eigenvalue weighted by molar-refractivity contribution is 5.93. The van der Waals surface area contributed by atoms with Crippen LogP contribution in [0.3, 0.4) is 0 Å². The van der Waals surface area contributed by atoms with Gasteiger partial charge < -0.3 is 9.47 Å². The van der Waals surface area contributed by atoms with E-state index < -0.39 is 0 Å². The van der Waals surface area contributed by atoms with Crippen LogP contribution in [0.1, 0.15) is 99.8 Å². The van der Waals surface area contributed by atoms with E-state index >= 15 is 0 Å². The number of unbranched alkanes of at least 4 members (excludes halogenated alkanes) is 4. The molecule has 34 heavy (non-hydrogen) atoms. The summed E-state index contributed by atoms with van der Waals surface area (Å²) in [5, 5.41) is 0. The predicted molar refractivity (Wildman–Crippen MR) is 140 cm³/mol. The van der Waals surface area contributed by atoms with Gasteiger partial charge in [-0.15, -0.1) is 0 Å². The van der Waals surface area contributed by atoms with E-state index in [-0.39, 0.29) is 11.9 Å². The van der Waals surface area contributed by atoms with Crippen LogP contribution < -0.4 is 0 Å². The summed E-state index contributed by atoms with van der Waals surface area (Å²) in [5.74, 6) is -0.707. The van der Waals surface area contributed by atoms with Crippen LogP contribution in [0, 0.1) is 0 Å². The molecule has 0 N–H and O–H groups in total. The molecule has 0 aliphatic carbocycles. The third kappa shape index (κ3) is 13.1. The zero-order chi connectivity index (χ0) is 25.0. The van der Waals surface area contributed by atoms with Crippen LogP contribution >= 0.6 is 0 Å². The van der Waals surface area contributed by atoms with E-state index in [2.05, 4.69) is 37.5 Å². The highest BCUT2D eigenvalue weighted by Crippen LogP contribution is 2.09. The normalized spacial score (nSPS) is 11.2. The number of benzene rings is 1. The van der Waals surface area contributed by atoms with Crippen LogP contribution in [0.15, 0.2) is 24.3 Å². The lowest BCUT2D eigenvalue weighted by Crippen LogP contribution is -2.30. The maximum Gasteiger partial charge on any atom is 0.338 e. The first-order valence-corrected chi connectivity index (χ1v) is 13.4. The molecule has 0 heterocycles. The van der Waals surface area contributed by atoms with E-state index in [1.807, 2.05) is 0 Å². The molecule has 6 nitrogen and oxygen atoms in total. The van der Waals surface area contributed by atoms with Gasteiger partial charge in [-0.25, -0.2) is 9.59 Å². The Bertz CT molecular complexity index is 590. The number of carbonyl (C=O) groups excluding carboxylic acids is 2. The van der Waals surface area contributed by atoms with E-state index in [0.29, 0.717) is 24.3 Å². The van der Waals surface area contributed by atoms with Crippen molar-refractivity contribution in [3.05, 3.63) is 35.4 Å². The Labute approximate surface area is 208 Å². The second-order valence-electron chi connectivity index (χ2n) is 8.95. The molecule has 0 saturated heterocycles. The quantitative estimate of drug-likeness (QED) is 0.222. The van der Waals surface area contributed by atoms with Crippen LogP contribution in [0.5, 0.6) is 0 Å². The summed E-state index contributed by atoms with van der Waals surface area (Å²) >= 11 is 0. The molecule has 194 valence electrons. The van der Waals surface area contributed by atoms with Crippen LogP contribution in [0.25, 0.3) is 0 Å². The highest BCUT2D eigenvalue weighted by Gasteiger charge is 2.13. The smallest absolute Gasteiger partial charge is 0.338 e. The van der Waals surface area contributed by atoms with Crippen LogP contribution in [-0.2, 0) is 9.47 Å². The first-order valence-electron chi connectivity index (χ1n) is 13.4. The van der Waals surface area contributed by atoms with E-state index in [4.69, 9.17) is 9.47 Å². The van der Waals surface area contributed by atoms with E-state index in [9.17, 15) is 9.59 Å². The Balaban J connectivity index is 2.44. The SMILES string of the molecule is CCCCN(CCCC)CCOC(=O)c1ccc(C(=O)OCCN(CCCC)CCCC)cc1. The molecule has 0 radical (unpaired) electrons. The zero-order valence-electron chi connectivity index (χ0n) is 22.2. The van der Waals surface area contributed by atoms with Gasteiger partial charge in [0.05, 0.1) is 11.1 Å². The molecule has 0 spiro atoms. The molecule has 1 rings (SSSR count). The lowest BCUT2D eigenvalue weighted by atomic mass is 10.1. The number of carbonyl (C=O) groups is 2. The summed E-state index contributed by atoms with van der Waals surface area (Å²) in [6.07, 6.45) is 9.27. The predicted octanol–water partition coefficient (Wildman–Crippen LogP) is 5.80. The molecular formula is C28H48N2O4. The molecular weight excluding hydrogens is 428 g/mol. The Kier molecular flexibility index (Phi) is 17.2. The van der Waals surface area contributed by atoms with Gasteiger partial charge in [0.1, 0.15) is 13.2 Å². The fraction of sp³-hybridized carbons (Fsp3) is 0.714. The van der Waals surface area contributed by atoms with Crippen molar-refractivity contribution in [2.75, 3.05) is 52.5 Å². The molecule has 0 aromatic heterocycles. The first kappa shape index (κ1) is 30.1. The van der Waals surface area contributed by atoms with E-state index in [1.165, 1.54) is 0 Å². The molecule has 0 aliphatic heterocycles. The van der Waals surface area contributed by atoms with Gasteiger partial charge >= 0.3 is 11.9 Å². The van der Waals surface area contributed by atoms with E-state index in [0.717, 1.165) is 90.6 Å². The fourth-order valence-corrected chi connectivity index (χ4v) is 3.64. The van der Waals surface area contributed by atoms with Crippen molar-refractivity contribution in [3.8, 4) is 0 Å². The van der Waals surface area contributed by atoms with Gasteiger partial charge in [-0.05, 0) is 76.1 Å².